The van der Waals surface area contributed by atoms with E-state index in [9.17, 15) is 13.2 Å². The molecule has 5 nitrogen and oxygen atoms in total. The first-order valence-corrected chi connectivity index (χ1v) is 7.16. The van der Waals surface area contributed by atoms with Crippen LogP contribution in [0.3, 0.4) is 0 Å². The fourth-order valence-corrected chi connectivity index (χ4v) is 2.17. The highest BCUT2D eigenvalue weighted by Crippen LogP contribution is 2.26. The number of aromatic nitrogens is 4. The van der Waals surface area contributed by atoms with Gasteiger partial charge >= 0.3 is 6.18 Å². The van der Waals surface area contributed by atoms with Gasteiger partial charge in [-0.3, -0.25) is 0 Å². The van der Waals surface area contributed by atoms with Crippen LogP contribution in [0.1, 0.15) is 18.8 Å². The van der Waals surface area contributed by atoms with Crippen molar-refractivity contribution in [3.63, 3.8) is 0 Å². The molecule has 0 amide bonds. The molecule has 0 fully saturated rings. The monoisotopic (exact) mass is 337 g/mol. The van der Waals surface area contributed by atoms with E-state index < -0.39 is 18.0 Å². The second-order valence-corrected chi connectivity index (χ2v) is 5.57. The number of halogens is 4. The number of nitrogens with two attached hydrogens (primary N) is 1. The van der Waals surface area contributed by atoms with E-state index in [1.807, 2.05) is 0 Å². The zero-order valence-electron chi connectivity index (χ0n) is 10.8. The van der Waals surface area contributed by atoms with Crippen molar-refractivity contribution in [3.8, 4) is 5.82 Å². The third-order valence-electron chi connectivity index (χ3n) is 2.31. The van der Waals surface area contributed by atoms with Crippen molar-refractivity contribution in [2.45, 2.75) is 24.3 Å². The van der Waals surface area contributed by atoms with Gasteiger partial charge in [-0.15, -0.1) is 5.10 Å². The molecule has 0 aromatic carbocycles. The summed E-state index contributed by atoms with van der Waals surface area (Å²) in [6, 6.07) is 2.68. The van der Waals surface area contributed by atoms with Crippen molar-refractivity contribution >= 4 is 23.4 Å². The maximum absolute atomic E-state index is 12.2. The average molecular weight is 338 g/mol. The van der Waals surface area contributed by atoms with E-state index in [1.54, 1.807) is 19.1 Å². The summed E-state index contributed by atoms with van der Waals surface area (Å²) in [4.78, 5) is 8.08. The maximum atomic E-state index is 12.2. The van der Waals surface area contributed by atoms with Gasteiger partial charge in [0, 0.05) is 6.20 Å². The summed E-state index contributed by atoms with van der Waals surface area (Å²) in [6.07, 6.45) is -2.88. The van der Waals surface area contributed by atoms with Crippen LogP contribution in [-0.4, -0.2) is 31.7 Å². The molecule has 0 bridgehead atoms. The Balaban J connectivity index is 2.31. The predicted molar refractivity (Wildman–Crippen MR) is 73.5 cm³/mol. The summed E-state index contributed by atoms with van der Waals surface area (Å²) in [7, 11) is 0. The summed E-state index contributed by atoms with van der Waals surface area (Å²) in [6.45, 7) is 1.66. The van der Waals surface area contributed by atoms with Gasteiger partial charge in [0.25, 0.3) is 0 Å². The topological polar surface area (TPSA) is 69.6 Å². The van der Waals surface area contributed by atoms with E-state index in [0.717, 1.165) is 0 Å². The smallest absolute Gasteiger partial charge is 0.322 e. The molecular weight excluding hydrogens is 327 g/mol. The fourth-order valence-electron chi connectivity index (χ4n) is 1.47. The Kier molecular flexibility index (Phi) is 4.74. The average Bonchev–Trinajstić information content (AvgIpc) is 2.81. The summed E-state index contributed by atoms with van der Waals surface area (Å²) >= 11 is 6.25. The maximum Gasteiger partial charge on any atom is 0.398 e. The van der Waals surface area contributed by atoms with Gasteiger partial charge in [-0.05, 0) is 19.1 Å². The van der Waals surface area contributed by atoms with Crippen LogP contribution >= 0.6 is 23.4 Å². The number of hydrogen-bond donors (Lipinski definition) is 1. The van der Waals surface area contributed by atoms with E-state index in [0.29, 0.717) is 28.4 Å². The minimum Gasteiger partial charge on any atom is -0.322 e. The molecule has 0 saturated carbocycles. The van der Waals surface area contributed by atoms with Crippen LogP contribution < -0.4 is 5.73 Å². The summed E-state index contributed by atoms with van der Waals surface area (Å²) in [5.74, 6) is -0.351. The Morgan fingerprint density at radius 2 is 2.14 bits per heavy atom. The van der Waals surface area contributed by atoms with Crippen molar-refractivity contribution in [1.82, 2.24) is 19.7 Å². The largest absolute Gasteiger partial charge is 0.398 e. The van der Waals surface area contributed by atoms with Crippen molar-refractivity contribution in [3.05, 3.63) is 29.2 Å². The van der Waals surface area contributed by atoms with Gasteiger partial charge in [0.05, 0.1) is 16.8 Å². The van der Waals surface area contributed by atoms with E-state index in [1.165, 1.54) is 10.9 Å². The van der Waals surface area contributed by atoms with Gasteiger partial charge in [-0.25, -0.2) is 9.97 Å². The molecule has 0 aliphatic carbocycles. The number of thioether (sulfide) groups is 1. The van der Waals surface area contributed by atoms with Crippen LogP contribution in [0.5, 0.6) is 0 Å². The lowest BCUT2D eigenvalue weighted by molar-refractivity contribution is -0.105. The molecular formula is C11H11ClF3N5S. The highest BCUT2D eigenvalue weighted by molar-refractivity contribution is 7.99. The molecule has 2 aromatic heterocycles. The van der Waals surface area contributed by atoms with Crippen LogP contribution in [0.4, 0.5) is 13.2 Å². The molecule has 2 rings (SSSR count). The Bertz CT molecular complexity index is 611. The minimum absolute atomic E-state index is 0.00336. The fraction of sp³-hybridized carbons (Fsp3) is 0.364. The molecule has 114 valence electrons. The molecule has 21 heavy (non-hydrogen) atoms. The highest BCUT2D eigenvalue weighted by Gasteiger charge is 2.29. The van der Waals surface area contributed by atoms with Crippen molar-refractivity contribution in [1.29, 1.82) is 0 Å². The van der Waals surface area contributed by atoms with Crippen LogP contribution in [0, 0.1) is 0 Å². The van der Waals surface area contributed by atoms with Gasteiger partial charge in [0.2, 0.25) is 5.16 Å². The van der Waals surface area contributed by atoms with E-state index >= 15 is 0 Å². The quantitative estimate of drug-likeness (QED) is 0.868. The zero-order valence-corrected chi connectivity index (χ0v) is 12.4. The molecule has 1 atom stereocenters. The summed E-state index contributed by atoms with van der Waals surface area (Å²) in [5.41, 5.74) is 5.77. The number of alkyl halides is 3. The Morgan fingerprint density at radius 3 is 2.67 bits per heavy atom. The first-order chi connectivity index (χ1) is 9.76. The molecule has 0 saturated heterocycles. The molecule has 0 spiro atoms. The van der Waals surface area contributed by atoms with E-state index in [2.05, 4.69) is 15.1 Å². The van der Waals surface area contributed by atoms with Crippen LogP contribution in [0.25, 0.3) is 5.82 Å². The molecule has 0 aliphatic rings. The molecule has 2 aromatic rings. The molecule has 0 aliphatic heterocycles. The van der Waals surface area contributed by atoms with Gasteiger partial charge in [0.15, 0.2) is 11.6 Å². The number of nitrogens with zero attached hydrogens (tertiary/aromatic N) is 4. The first kappa shape index (κ1) is 16.1. The third kappa shape index (κ3) is 4.32. The number of rotatable bonds is 4. The van der Waals surface area contributed by atoms with Crippen molar-refractivity contribution < 1.29 is 13.2 Å². The second-order valence-electron chi connectivity index (χ2n) is 4.19. The Morgan fingerprint density at radius 1 is 1.43 bits per heavy atom. The minimum atomic E-state index is -4.29. The molecule has 10 heteroatoms. The molecule has 2 heterocycles. The Hall–Kier alpha value is -1.32. The number of pyridine rings is 1. The molecule has 2 N–H and O–H groups in total. The van der Waals surface area contributed by atoms with Gasteiger partial charge in [-0.1, -0.05) is 23.4 Å². The van der Waals surface area contributed by atoms with Gasteiger partial charge in [0.1, 0.15) is 0 Å². The van der Waals surface area contributed by atoms with Crippen molar-refractivity contribution in [2.24, 2.45) is 5.73 Å². The standard InChI is InChI=1S/C11H11ClF3N5S/c1-6(16)9-18-10(21-5-11(13,14)15)19-20(9)8-3-2-7(12)4-17-8/h2-4,6H,5,16H2,1H3. The summed E-state index contributed by atoms with van der Waals surface area (Å²) < 4.78 is 38.0. The number of hydrogen-bond acceptors (Lipinski definition) is 5. The van der Waals surface area contributed by atoms with Gasteiger partial charge < -0.3 is 5.73 Å². The normalized spacial score (nSPS) is 13.4. The lowest BCUT2D eigenvalue weighted by Crippen LogP contribution is -2.14. The molecule has 0 radical (unpaired) electrons. The zero-order chi connectivity index (χ0) is 15.6. The van der Waals surface area contributed by atoms with Crippen LogP contribution in [0.2, 0.25) is 5.02 Å². The first-order valence-electron chi connectivity index (χ1n) is 5.80. The SMILES string of the molecule is CC(N)c1nc(SCC(F)(F)F)nn1-c1ccc(Cl)cn1. The highest BCUT2D eigenvalue weighted by atomic mass is 35.5. The lowest BCUT2D eigenvalue weighted by atomic mass is 10.3. The van der Waals surface area contributed by atoms with Crippen LogP contribution in [0.15, 0.2) is 23.5 Å². The van der Waals surface area contributed by atoms with Crippen LogP contribution in [-0.2, 0) is 0 Å². The Labute approximate surface area is 127 Å². The van der Waals surface area contributed by atoms with Gasteiger partial charge in [-0.2, -0.15) is 17.9 Å². The van der Waals surface area contributed by atoms with Crippen molar-refractivity contribution in [2.75, 3.05) is 5.75 Å². The molecule has 1 unspecified atom stereocenters. The van der Waals surface area contributed by atoms with E-state index in [-0.39, 0.29) is 5.16 Å². The second kappa shape index (κ2) is 6.20. The predicted octanol–water partition coefficient (Wildman–Crippen LogP) is 2.99. The van der Waals surface area contributed by atoms with E-state index in [4.69, 9.17) is 17.3 Å². The lowest BCUT2D eigenvalue weighted by Gasteiger charge is -2.06. The third-order valence-corrected chi connectivity index (χ3v) is 3.44. The summed E-state index contributed by atoms with van der Waals surface area (Å²) in [5, 5.41) is 4.45.